The molecular weight excluding hydrogens is 328 g/mol. The minimum atomic E-state index is -0.868. The van der Waals surface area contributed by atoms with Gasteiger partial charge >= 0.3 is 0 Å². The third kappa shape index (κ3) is 2.09. The van der Waals surface area contributed by atoms with Gasteiger partial charge in [0, 0.05) is 31.8 Å². The molecule has 3 atom stereocenters. The summed E-state index contributed by atoms with van der Waals surface area (Å²) in [5.74, 6) is 0.127. The second-order valence-electron chi connectivity index (χ2n) is 8.09. The predicted molar refractivity (Wildman–Crippen MR) is 97.8 cm³/mol. The van der Waals surface area contributed by atoms with E-state index in [9.17, 15) is 4.79 Å². The molecule has 0 N–H and O–H groups in total. The first-order valence-electron chi connectivity index (χ1n) is 9.94. The molecule has 4 fully saturated rings. The molecule has 0 unspecified atom stereocenters. The Morgan fingerprint density at radius 1 is 0.846 bits per heavy atom. The van der Waals surface area contributed by atoms with Crippen molar-refractivity contribution in [3.63, 3.8) is 0 Å². The van der Waals surface area contributed by atoms with E-state index in [1.54, 1.807) is 0 Å². The lowest BCUT2D eigenvalue weighted by Gasteiger charge is -2.57. The zero-order chi connectivity index (χ0) is 17.7. The predicted octanol–water partition coefficient (Wildman–Crippen LogP) is 3.69. The molecule has 1 aromatic carbocycles. The van der Waals surface area contributed by atoms with Crippen LogP contribution >= 0.6 is 0 Å². The molecule has 3 aliphatic heterocycles. The molecule has 5 rings (SSSR count). The van der Waals surface area contributed by atoms with Crippen LogP contribution in [0.25, 0.3) is 6.08 Å². The SMILES string of the molecule is O=C1/C(=C/c2ccccc2)C[C@]2(CCCO2)[C@@]2(CCCO2)[C@]12CCCO2. The highest BCUT2D eigenvalue weighted by Crippen LogP contribution is 2.60. The summed E-state index contributed by atoms with van der Waals surface area (Å²) >= 11 is 0. The van der Waals surface area contributed by atoms with Crippen LogP contribution in [0.2, 0.25) is 0 Å². The highest BCUT2D eigenvalue weighted by Gasteiger charge is 2.74. The number of rotatable bonds is 1. The van der Waals surface area contributed by atoms with Crippen molar-refractivity contribution in [2.75, 3.05) is 19.8 Å². The molecule has 138 valence electrons. The van der Waals surface area contributed by atoms with Crippen LogP contribution in [0.5, 0.6) is 0 Å². The molecule has 1 aliphatic carbocycles. The van der Waals surface area contributed by atoms with Gasteiger partial charge < -0.3 is 14.2 Å². The first kappa shape index (κ1) is 16.7. The Morgan fingerprint density at radius 2 is 1.58 bits per heavy atom. The van der Waals surface area contributed by atoms with Crippen LogP contribution < -0.4 is 0 Å². The fourth-order valence-corrected chi connectivity index (χ4v) is 5.82. The molecule has 4 heteroatoms. The van der Waals surface area contributed by atoms with Gasteiger partial charge in [0.25, 0.3) is 0 Å². The maximum atomic E-state index is 13.7. The fourth-order valence-electron chi connectivity index (χ4n) is 5.82. The molecule has 0 amide bonds. The number of carbonyl (C=O) groups excluding carboxylic acids is 1. The van der Waals surface area contributed by atoms with Crippen molar-refractivity contribution in [2.45, 2.75) is 61.7 Å². The Kier molecular flexibility index (Phi) is 3.85. The average Bonchev–Trinajstić information content (AvgIpc) is 3.41. The second kappa shape index (κ2) is 6.01. The second-order valence-corrected chi connectivity index (χ2v) is 8.09. The molecular formula is C22H26O4. The van der Waals surface area contributed by atoms with Crippen molar-refractivity contribution in [1.29, 1.82) is 0 Å². The molecule has 0 bridgehead atoms. The lowest BCUT2D eigenvalue weighted by Crippen LogP contribution is -2.73. The first-order valence-corrected chi connectivity index (χ1v) is 9.94. The third-order valence-electron chi connectivity index (χ3n) is 6.81. The van der Waals surface area contributed by atoms with Crippen molar-refractivity contribution in [2.24, 2.45) is 0 Å². The van der Waals surface area contributed by atoms with Crippen LogP contribution in [0.3, 0.4) is 0 Å². The summed E-state index contributed by atoms with van der Waals surface area (Å²) in [5.41, 5.74) is -0.0192. The largest absolute Gasteiger partial charge is 0.371 e. The molecule has 1 saturated carbocycles. The van der Waals surface area contributed by atoms with Crippen LogP contribution in [0, 0.1) is 0 Å². The Morgan fingerprint density at radius 3 is 2.23 bits per heavy atom. The monoisotopic (exact) mass is 354 g/mol. The normalized spacial score (nSPS) is 41.2. The summed E-state index contributed by atoms with van der Waals surface area (Å²) in [6.45, 7) is 2.07. The summed E-state index contributed by atoms with van der Waals surface area (Å²) in [7, 11) is 0. The number of Topliss-reactive ketones (excluding diaryl/α,β-unsaturated/α-hetero) is 1. The summed E-state index contributed by atoms with van der Waals surface area (Å²) in [6.07, 6.45) is 8.11. The minimum absolute atomic E-state index is 0.127. The van der Waals surface area contributed by atoms with Crippen LogP contribution in [0.1, 0.15) is 50.5 Å². The lowest BCUT2D eigenvalue weighted by molar-refractivity contribution is -0.255. The average molecular weight is 354 g/mol. The molecule has 4 nitrogen and oxygen atoms in total. The van der Waals surface area contributed by atoms with Crippen molar-refractivity contribution in [3.05, 3.63) is 41.5 Å². The Balaban J connectivity index is 1.66. The Labute approximate surface area is 154 Å². The summed E-state index contributed by atoms with van der Waals surface area (Å²) < 4.78 is 19.1. The summed E-state index contributed by atoms with van der Waals surface area (Å²) in [5, 5.41) is 0. The number of carbonyl (C=O) groups is 1. The topological polar surface area (TPSA) is 44.8 Å². The highest BCUT2D eigenvalue weighted by atomic mass is 16.6. The van der Waals surface area contributed by atoms with E-state index in [1.807, 2.05) is 36.4 Å². The van der Waals surface area contributed by atoms with Crippen molar-refractivity contribution >= 4 is 11.9 Å². The Hall–Kier alpha value is -1.49. The molecule has 3 spiro atoms. The van der Waals surface area contributed by atoms with Gasteiger partial charge in [-0.25, -0.2) is 0 Å². The van der Waals surface area contributed by atoms with Crippen LogP contribution in [-0.4, -0.2) is 42.4 Å². The van der Waals surface area contributed by atoms with Gasteiger partial charge in [0.1, 0.15) is 11.2 Å². The van der Waals surface area contributed by atoms with Crippen LogP contribution in [0.15, 0.2) is 35.9 Å². The molecule has 0 aromatic heterocycles. The molecule has 26 heavy (non-hydrogen) atoms. The van der Waals surface area contributed by atoms with Gasteiger partial charge in [-0.3, -0.25) is 4.79 Å². The molecule has 0 radical (unpaired) electrons. The third-order valence-corrected chi connectivity index (χ3v) is 6.81. The van der Waals surface area contributed by atoms with Crippen molar-refractivity contribution < 1.29 is 19.0 Å². The fraction of sp³-hybridized carbons (Fsp3) is 0.591. The van der Waals surface area contributed by atoms with E-state index >= 15 is 0 Å². The quantitative estimate of drug-likeness (QED) is 0.722. The number of hydrogen-bond acceptors (Lipinski definition) is 4. The van der Waals surface area contributed by atoms with Gasteiger partial charge in [0.05, 0.1) is 0 Å². The standard InChI is InChI=1S/C22H26O4/c23-19-18(15-17-7-2-1-3-8-17)16-20(9-4-12-24-20)22(11-6-14-26-22)21(19)10-5-13-25-21/h1-3,7-8,15H,4-6,9-14,16H2/b18-15+/t20-,21+,22+/m1/s1. The maximum absolute atomic E-state index is 13.7. The Bertz CT molecular complexity index is 718. The van der Waals surface area contributed by atoms with E-state index in [0.717, 1.165) is 56.3 Å². The van der Waals surface area contributed by atoms with Crippen LogP contribution in [0.4, 0.5) is 0 Å². The number of ketones is 1. The zero-order valence-electron chi connectivity index (χ0n) is 15.2. The van der Waals surface area contributed by atoms with Gasteiger partial charge in [-0.05, 0) is 50.2 Å². The van der Waals surface area contributed by atoms with Crippen LogP contribution in [-0.2, 0) is 19.0 Å². The molecule has 3 saturated heterocycles. The van der Waals surface area contributed by atoms with Gasteiger partial charge in [-0.15, -0.1) is 0 Å². The minimum Gasteiger partial charge on any atom is -0.371 e. The van der Waals surface area contributed by atoms with E-state index < -0.39 is 16.8 Å². The number of hydrogen-bond donors (Lipinski definition) is 0. The number of ether oxygens (including phenoxy) is 3. The maximum Gasteiger partial charge on any atom is 0.193 e. The van der Waals surface area contributed by atoms with Gasteiger partial charge in [-0.1, -0.05) is 30.3 Å². The van der Waals surface area contributed by atoms with Gasteiger partial charge in [0.15, 0.2) is 11.4 Å². The van der Waals surface area contributed by atoms with E-state index in [-0.39, 0.29) is 5.78 Å². The number of benzene rings is 1. The van der Waals surface area contributed by atoms with E-state index in [2.05, 4.69) is 0 Å². The van der Waals surface area contributed by atoms with E-state index in [0.29, 0.717) is 19.6 Å². The summed E-state index contributed by atoms with van der Waals surface area (Å²) in [6, 6.07) is 10.1. The lowest BCUT2D eigenvalue weighted by atomic mass is 9.57. The van der Waals surface area contributed by atoms with Crippen molar-refractivity contribution in [3.8, 4) is 0 Å². The van der Waals surface area contributed by atoms with E-state index in [1.165, 1.54) is 0 Å². The van der Waals surface area contributed by atoms with Crippen molar-refractivity contribution in [1.82, 2.24) is 0 Å². The number of fused-ring (bicyclic) bond motifs is 2. The summed E-state index contributed by atoms with van der Waals surface area (Å²) in [4.78, 5) is 13.7. The highest BCUT2D eigenvalue weighted by molar-refractivity contribution is 6.08. The first-order chi connectivity index (χ1) is 12.7. The van der Waals surface area contributed by atoms with E-state index in [4.69, 9.17) is 14.2 Å². The van der Waals surface area contributed by atoms with Gasteiger partial charge in [0.2, 0.25) is 0 Å². The smallest absolute Gasteiger partial charge is 0.193 e. The van der Waals surface area contributed by atoms with Gasteiger partial charge in [-0.2, -0.15) is 0 Å². The molecule has 3 heterocycles. The molecule has 4 aliphatic rings. The molecule has 1 aromatic rings. The zero-order valence-corrected chi connectivity index (χ0v) is 15.2.